The maximum atomic E-state index is 3.70. The number of benzene rings is 1. The van der Waals surface area contributed by atoms with Gasteiger partial charge in [0.05, 0.1) is 0 Å². The van der Waals surface area contributed by atoms with Gasteiger partial charge in [0.15, 0.2) is 0 Å². The van der Waals surface area contributed by atoms with Crippen LogP contribution in [-0.4, -0.2) is 0 Å². The minimum Gasteiger partial charge on any atom is -0.0879 e. The van der Waals surface area contributed by atoms with Crippen molar-refractivity contribution in [3.8, 4) is 0 Å². The molecule has 0 aliphatic rings. The maximum Gasteiger partial charge on any atom is -0.00921 e. The van der Waals surface area contributed by atoms with E-state index in [0.717, 1.165) is 6.42 Å². The molecule has 0 saturated carbocycles. The van der Waals surface area contributed by atoms with Gasteiger partial charge in [0.2, 0.25) is 0 Å². The van der Waals surface area contributed by atoms with Gasteiger partial charge in [-0.1, -0.05) is 24.3 Å². The highest BCUT2D eigenvalue weighted by Crippen LogP contribution is 2.18. The monoisotopic (exact) mass is 173 g/mol. The highest BCUT2D eigenvalue weighted by molar-refractivity contribution is 5.40. The Hall–Kier alpha value is -1.04. The van der Waals surface area contributed by atoms with Crippen LogP contribution in [0.5, 0.6) is 0 Å². The third-order valence-electron chi connectivity index (χ3n) is 2.59. The Morgan fingerprint density at radius 2 is 1.77 bits per heavy atom. The van der Waals surface area contributed by atoms with E-state index in [0.29, 0.717) is 0 Å². The van der Waals surface area contributed by atoms with Gasteiger partial charge in [0.1, 0.15) is 0 Å². The number of allylic oxidation sites excluding steroid dienone is 2. The number of rotatable bonds is 2. The summed E-state index contributed by atoms with van der Waals surface area (Å²) in [6.07, 6.45) is 4.97. The molecule has 0 amide bonds. The Balaban J connectivity index is 3.09. The molecular formula is C13H17. The normalized spacial score (nSPS) is 11.1. The highest BCUT2D eigenvalue weighted by atomic mass is 14.1. The van der Waals surface area contributed by atoms with E-state index in [1.165, 1.54) is 22.3 Å². The molecule has 0 aliphatic carbocycles. The molecule has 0 unspecified atom stereocenters. The Morgan fingerprint density at radius 1 is 1.15 bits per heavy atom. The fourth-order valence-corrected chi connectivity index (χ4v) is 1.52. The molecule has 69 valence electrons. The van der Waals surface area contributed by atoms with Gasteiger partial charge >= 0.3 is 0 Å². The van der Waals surface area contributed by atoms with E-state index in [-0.39, 0.29) is 0 Å². The van der Waals surface area contributed by atoms with Crippen molar-refractivity contribution in [2.75, 3.05) is 0 Å². The third kappa shape index (κ3) is 2.21. The van der Waals surface area contributed by atoms with Crippen molar-refractivity contribution >= 4 is 0 Å². The molecule has 13 heavy (non-hydrogen) atoms. The molecule has 0 heterocycles. The first kappa shape index (κ1) is 10.0. The van der Waals surface area contributed by atoms with Crippen LogP contribution in [0.3, 0.4) is 0 Å². The second-order valence-corrected chi connectivity index (χ2v) is 3.48. The van der Waals surface area contributed by atoms with Gasteiger partial charge in [-0.05, 0) is 56.4 Å². The molecule has 0 N–H and O–H groups in total. The largest absolute Gasteiger partial charge is 0.0879 e. The van der Waals surface area contributed by atoms with Crippen molar-refractivity contribution in [3.63, 3.8) is 0 Å². The van der Waals surface area contributed by atoms with Crippen LogP contribution in [0, 0.1) is 27.7 Å². The van der Waals surface area contributed by atoms with Crippen molar-refractivity contribution in [2.24, 2.45) is 0 Å². The molecule has 0 atom stereocenters. The molecule has 1 rings (SSSR count). The first-order valence-corrected chi connectivity index (χ1v) is 4.66. The van der Waals surface area contributed by atoms with Gasteiger partial charge in [-0.2, -0.15) is 0 Å². The molecule has 0 fully saturated rings. The molecule has 0 nitrogen and oxygen atoms in total. The van der Waals surface area contributed by atoms with Crippen molar-refractivity contribution in [2.45, 2.75) is 27.2 Å². The van der Waals surface area contributed by atoms with E-state index in [1.807, 2.05) is 6.08 Å². The maximum absolute atomic E-state index is 3.70. The predicted molar refractivity (Wildman–Crippen MR) is 58.9 cm³/mol. The van der Waals surface area contributed by atoms with Crippen molar-refractivity contribution in [1.29, 1.82) is 0 Å². The summed E-state index contributed by atoms with van der Waals surface area (Å²) in [7, 11) is 0. The first-order valence-electron chi connectivity index (χ1n) is 4.66. The molecular weight excluding hydrogens is 156 g/mol. The van der Waals surface area contributed by atoms with Gasteiger partial charge in [-0.3, -0.25) is 0 Å². The molecule has 1 aromatic rings. The lowest BCUT2D eigenvalue weighted by Crippen LogP contribution is -1.94. The van der Waals surface area contributed by atoms with E-state index in [9.17, 15) is 0 Å². The van der Waals surface area contributed by atoms with Crippen LogP contribution >= 0.6 is 0 Å². The molecule has 1 radical (unpaired) electrons. The van der Waals surface area contributed by atoms with Crippen LogP contribution in [0.15, 0.2) is 24.3 Å². The quantitative estimate of drug-likeness (QED) is 0.641. The molecule has 0 aliphatic heterocycles. The van der Waals surface area contributed by atoms with Crippen LogP contribution in [0.25, 0.3) is 0 Å². The van der Waals surface area contributed by atoms with Crippen LogP contribution in [0.1, 0.15) is 22.3 Å². The average molecular weight is 173 g/mol. The molecule has 0 saturated heterocycles. The number of hydrogen-bond acceptors (Lipinski definition) is 0. The number of aryl methyl sites for hydroxylation is 2. The van der Waals surface area contributed by atoms with Crippen LogP contribution in [0.4, 0.5) is 0 Å². The van der Waals surface area contributed by atoms with Gasteiger partial charge in [-0.15, -0.1) is 0 Å². The number of hydrogen-bond donors (Lipinski definition) is 0. The van der Waals surface area contributed by atoms with Gasteiger partial charge in [-0.25, -0.2) is 0 Å². The fourth-order valence-electron chi connectivity index (χ4n) is 1.52. The van der Waals surface area contributed by atoms with Crippen LogP contribution in [-0.2, 0) is 6.42 Å². The third-order valence-corrected chi connectivity index (χ3v) is 2.59. The average Bonchev–Trinajstić information content (AvgIpc) is 2.12. The summed E-state index contributed by atoms with van der Waals surface area (Å²) < 4.78 is 0. The summed E-state index contributed by atoms with van der Waals surface area (Å²) >= 11 is 0. The summed E-state index contributed by atoms with van der Waals surface area (Å²) in [5.41, 5.74) is 5.61. The minimum atomic E-state index is 1.00. The second-order valence-electron chi connectivity index (χ2n) is 3.48. The van der Waals surface area contributed by atoms with Crippen LogP contribution < -0.4 is 0 Å². The Kier molecular flexibility index (Phi) is 3.30. The van der Waals surface area contributed by atoms with E-state index < -0.39 is 0 Å². The van der Waals surface area contributed by atoms with Crippen LogP contribution in [0.2, 0.25) is 0 Å². The van der Waals surface area contributed by atoms with Gasteiger partial charge in [0.25, 0.3) is 0 Å². The summed E-state index contributed by atoms with van der Waals surface area (Å²) in [6, 6.07) is 4.37. The van der Waals surface area contributed by atoms with Gasteiger partial charge in [0, 0.05) is 0 Å². The SMILES string of the molecule is [CH2]C=CCc1c(C)ccc(C)c1C. The lowest BCUT2D eigenvalue weighted by atomic mass is 9.96. The van der Waals surface area contributed by atoms with E-state index in [2.05, 4.69) is 45.9 Å². The molecule has 1 aromatic carbocycles. The Morgan fingerprint density at radius 3 is 2.38 bits per heavy atom. The van der Waals surface area contributed by atoms with E-state index in [1.54, 1.807) is 0 Å². The first-order chi connectivity index (χ1) is 6.16. The highest BCUT2D eigenvalue weighted by Gasteiger charge is 2.02. The van der Waals surface area contributed by atoms with E-state index in [4.69, 9.17) is 0 Å². The summed E-state index contributed by atoms with van der Waals surface area (Å²) in [5.74, 6) is 0. The standard InChI is InChI=1S/C13H17/c1-5-6-7-13-11(3)9-8-10(2)12(13)4/h5-6,8-9H,1,7H2,2-4H3. The molecule has 0 spiro atoms. The summed E-state index contributed by atoms with van der Waals surface area (Å²) in [5, 5.41) is 0. The predicted octanol–water partition coefficient (Wildman–Crippen LogP) is 3.54. The zero-order valence-corrected chi connectivity index (χ0v) is 8.72. The topological polar surface area (TPSA) is 0 Å². The summed E-state index contributed by atoms with van der Waals surface area (Å²) in [4.78, 5) is 0. The zero-order chi connectivity index (χ0) is 9.84. The zero-order valence-electron chi connectivity index (χ0n) is 8.72. The van der Waals surface area contributed by atoms with Crippen molar-refractivity contribution in [1.82, 2.24) is 0 Å². The fraction of sp³-hybridized carbons (Fsp3) is 0.308. The molecule has 0 heteroatoms. The lowest BCUT2D eigenvalue weighted by Gasteiger charge is -2.09. The lowest BCUT2D eigenvalue weighted by molar-refractivity contribution is 1.14. The Labute approximate surface area is 81.3 Å². The minimum absolute atomic E-state index is 1.00. The van der Waals surface area contributed by atoms with E-state index >= 15 is 0 Å². The molecule has 0 bridgehead atoms. The second kappa shape index (κ2) is 4.27. The smallest absolute Gasteiger partial charge is 0.00921 e. The Bertz CT molecular complexity index is 319. The van der Waals surface area contributed by atoms with Crippen molar-refractivity contribution in [3.05, 3.63) is 53.5 Å². The van der Waals surface area contributed by atoms with Crippen molar-refractivity contribution < 1.29 is 0 Å². The summed E-state index contributed by atoms with van der Waals surface area (Å²) in [6.45, 7) is 10.2. The molecule has 0 aromatic heterocycles. The van der Waals surface area contributed by atoms with Gasteiger partial charge < -0.3 is 0 Å².